The van der Waals surface area contributed by atoms with Gasteiger partial charge < -0.3 is 10.1 Å². The number of oxime groups is 1. The molecular weight excluding hydrogens is 204 g/mol. The maximum atomic E-state index is 11.7. The Kier molecular flexibility index (Phi) is 2.90. The van der Waals surface area contributed by atoms with Crippen molar-refractivity contribution in [1.29, 1.82) is 0 Å². The van der Waals surface area contributed by atoms with Gasteiger partial charge >= 0.3 is 0 Å². The van der Waals surface area contributed by atoms with Crippen LogP contribution in [0.2, 0.25) is 0 Å². The molecular formula is C12H14N2O2. The Morgan fingerprint density at radius 3 is 2.94 bits per heavy atom. The van der Waals surface area contributed by atoms with E-state index in [2.05, 4.69) is 5.16 Å². The molecule has 1 N–H and O–H groups in total. The van der Waals surface area contributed by atoms with Gasteiger partial charge in [0.2, 0.25) is 5.91 Å². The first-order chi connectivity index (χ1) is 7.77. The van der Waals surface area contributed by atoms with Crippen LogP contribution in [0.5, 0.6) is 0 Å². The molecule has 0 spiro atoms. The van der Waals surface area contributed by atoms with Gasteiger partial charge in [-0.15, -0.1) is 0 Å². The first-order valence-corrected chi connectivity index (χ1v) is 5.38. The van der Waals surface area contributed by atoms with Crippen LogP contribution in [0.25, 0.3) is 0 Å². The molecule has 1 aliphatic rings. The van der Waals surface area contributed by atoms with Gasteiger partial charge in [0.15, 0.2) is 0 Å². The molecule has 4 nitrogen and oxygen atoms in total. The lowest BCUT2D eigenvalue weighted by Crippen LogP contribution is -2.37. The summed E-state index contributed by atoms with van der Waals surface area (Å²) in [5.74, 6) is 0.101. The Hall–Kier alpha value is -1.84. The zero-order valence-electron chi connectivity index (χ0n) is 9.18. The van der Waals surface area contributed by atoms with Crippen molar-refractivity contribution in [2.75, 3.05) is 11.4 Å². The summed E-state index contributed by atoms with van der Waals surface area (Å²) in [6.07, 6.45) is 1.08. The van der Waals surface area contributed by atoms with Crippen LogP contribution < -0.4 is 4.90 Å². The van der Waals surface area contributed by atoms with Gasteiger partial charge in [-0.3, -0.25) is 4.79 Å². The van der Waals surface area contributed by atoms with E-state index in [-0.39, 0.29) is 5.91 Å². The van der Waals surface area contributed by atoms with Gasteiger partial charge in [-0.25, -0.2) is 0 Å². The van der Waals surface area contributed by atoms with Crippen LogP contribution in [0, 0.1) is 0 Å². The van der Waals surface area contributed by atoms with Gasteiger partial charge in [-0.1, -0.05) is 30.3 Å². The number of amides is 1. The fourth-order valence-electron chi connectivity index (χ4n) is 1.98. The van der Waals surface area contributed by atoms with Crippen LogP contribution in [-0.2, 0) is 4.79 Å². The third-order valence-corrected chi connectivity index (χ3v) is 2.80. The van der Waals surface area contributed by atoms with E-state index in [0.717, 1.165) is 11.3 Å². The van der Waals surface area contributed by atoms with Gasteiger partial charge in [0, 0.05) is 24.9 Å². The second-order valence-corrected chi connectivity index (χ2v) is 3.71. The lowest BCUT2D eigenvalue weighted by Gasteiger charge is -2.29. The van der Waals surface area contributed by atoms with Gasteiger partial charge in [0.25, 0.3) is 0 Å². The van der Waals surface area contributed by atoms with Crippen LogP contribution in [0.1, 0.15) is 25.3 Å². The first kappa shape index (κ1) is 10.7. The Bertz CT molecular complexity index is 440. The predicted octanol–water partition coefficient (Wildman–Crippen LogP) is 2.01. The molecule has 1 amide bonds. The van der Waals surface area contributed by atoms with Crippen molar-refractivity contribution in [3.05, 3.63) is 29.8 Å². The number of anilines is 1. The average molecular weight is 218 g/mol. The number of para-hydroxylation sites is 1. The van der Waals surface area contributed by atoms with Crippen molar-refractivity contribution >= 4 is 17.3 Å². The Morgan fingerprint density at radius 2 is 2.25 bits per heavy atom. The molecule has 0 aliphatic carbocycles. The molecule has 1 aliphatic heterocycles. The first-order valence-electron chi connectivity index (χ1n) is 5.38. The fraction of sp³-hybridized carbons (Fsp3) is 0.333. The number of benzene rings is 1. The maximum Gasteiger partial charge on any atom is 0.226 e. The van der Waals surface area contributed by atoms with Crippen molar-refractivity contribution in [2.45, 2.75) is 19.8 Å². The second kappa shape index (κ2) is 4.35. The molecule has 1 heterocycles. The third-order valence-electron chi connectivity index (χ3n) is 2.80. The van der Waals surface area contributed by atoms with Crippen molar-refractivity contribution < 1.29 is 10.0 Å². The van der Waals surface area contributed by atoms with Crippen LogP contribution in [0.4, 0.5) is 5.69 Å². The quantitative estimate of drug-likeness (QED) is 0.579. The Labute approximate surface area is 94.2 Å². The highest BCUT2D eigenvalue weighted by molar-refractivity contribution is 6.10. The number of hydrogen-bond donors (Lipinski definition) is 1. The predicted molar refractivity (Wildman–Crippen MR) is 62.0 cm³/mol. The number of carbonyl (C=O) groups excluding carboxylic acids is 1. The summed E-state index contributed by atoms with van der Waals surface area (Å²) in [4.78, 5) is 13.5. The number of nitrogens with zero attached hydrogens (tertiary/aromatic N) is 2. The van der Waals surface area contributed by atoms with Crippen LogP contribution >= 0.6 is 0 Å². The van der Waals surface area contributed by atoms with Gasteiger partial charge in [0.05, 0.1) is 11.4 Å². The summed E-state index contributed by atoms with van der Waals surface area (Å²) < 4.78 is 0. The molecule has 0 atom stereocenters. The van der Waals surface area contributed by atoms with E-state index in [0.29, 0.717) is 25.1 Å². The highest BCUT2D eigenvalue weighted by Gasteiger charge is 2.24. The smallest absolute Gasteiger partial charge is 0.226 e. The second-order valence-electron chi connectivity index (χ2n) is 3.71. The van der Waals surface area contributed by atoms with Crippen molar-refractivity contribution in [1.82, 2.24) is 0 Å². The molecule has 0 radical (unpaired) electrons. The molecule has 1 aromatic carbocycles. The molecule has 0 unspecified atom stereocenters. The molecule has 84 valence electrons. The lowest BCUT2D eigenvalue weighted by atomic mass is 9.99. The molecule has 0 aromatic heterocycles. The van der Waals surface area contributed by atoms with Crippen LogP contribution in [0.3, 0.4) is 0 Å². The summed E-state index contributed by atoms with van der Waals surface area (Å²) in [5.41, 5.74) is 2.34. The number of rotatable bonds is 1. The van der Waals surface area contributed by atoms with Gasteiger partial charge in [0.1, 0.15) is 0 Å². The number of carbonyl (C=O) groups is 1. The van der Waals surface area contributed by atoms with E-state index in [9.17, 15) is 4.79 Å². The molecule has 16 heavy (non-hydrogen) atoms. The van der Waals surface area contributed by atoms with Crippen LogP contribution in [0.15, 0.2) is 29.4 Å². The van der Waals surface area contributed by atoms with E-state index < -0.39 is 0 Å². The molecule has 1 aromatic rings. The van der Waals surface area contributed by atoms with E-state index in [1.54, 1.807) is 4.90 Å². The molecule has 4 heteroatoms. The normalized spacial score (nSPS) is 17.3. The molecule has 0 saturated heterocycles. The van der Waals surface area contributed by atoms with Gasteiger partial charge in [-0.2, -0.15) is 0 Å². The van der Waals surface area contributed by atoms with E-state index >= 15 is 0 Å². The van der Waals surface area contributed by atoms with Crippen molar-refractivity contribution in [2.24, 2.45) is 5.16 Å². The lowest BCUT2D eigenvalue weighted by molar-refractivity contribution is -0.118. The topological polar surface area (TPSA) is 52.9 Å². The Morgan fingerprint density at radius 1 is 1.50 bits per heavy atom. The van der Waals surface area contributed by atoms with Crippen molar-refractivity contribution in [3.8, 4) is 0 Å². The van der Waals surface area contributed by atoms with Crippen LogP contribution in [-0.4, -0.2) is 23.4 Å². The average Bonchev–Trinajstić information content (AvgIpc) is 2.36. The van der Waals surface area contributed by atoms with E-state index in [1.165, 1.54) is 0 Å². The summed E-state index contributed by atoms with van der Waals surface area (Å²) >= 11 is 0. The third kappa shape index (κ3) is 1.66. The van der Waals surface area contributed by atoms with Crippen molar-refractivity contribution in [3.63, 3.8) is 0 Å². The number of hydrogen-bond acceptors (Lipinski definition) is 3. The minimum atomic E-state index is 0.101. The Balaban J connectivity index is 2.47. The largest absolute Gasteiger partial charge is 0.411 e. The minimum Gasteiger partial charge on any atom is -0.411 e. The molecule has 0 bridgehead atoms. The zero-order chi connectivity index (χ0) is 11.5. The van der Waals surface area contributed by atoms with E-state index in [1.807, 2.05) is 31.2 Å². The maximum absolute atomic E-state index is 11.7. The fourth-order valence-corrected chi connectivity index (χ4v) is 1.98. The summed E-state index contributed by atoms with van der Waals surface area (Å²) in [6.45, 7) is 2.43. The molecule has 2 rings (SSSR count). The highest BCUT2D eigenvalue weighted by atomic mass is 16.4. The summed E-state index contributed by atoms with van der Waals surface area (Å²) in [5, 5.41) is 12.2. The van der Waals surface area contributed by atoms with Gasteiger partial charge in [-0.05, 0) is 6.07 Å². The zero-order valence-corrected chi connectivity index (χ0v) is 9.18. The number of fused-ring (bicyclic) bond motifs is 1. The monoisotopic (exact) mass is 218 g/mol. The van der Waals surface area contributed by atoms with E-state index in [4.69, 9.17) is 5.21 Å². The highest BCUT2D eigenvalue weighted by Crippen LogP contribution is 2.27. The summed E-state index contributed by atoms with van der Waals surface area (Å²) in [7, 11) is 0. The summed E-state index contributed by atoms with van der Waals surface area (Å²) in [6, 6.07) is 7.52. The molecule has 0 fully saturated rings. The standard InChI is InChI=1S/C12H14N2O2/c1-2-12(15)14-8-7-10(13-16)9-5-3-4-6-11(9)14/h3-6,16H,2,7-8H2,1H3. The molecule has 0 saturated carbocycles. The minimum absolute atomic E-state index is 0.101. The SMILES string of the molecule is CCC(=O)N1CCC(=NO)c2ccccc21.